The molecule has 1 fully saturated rings. The van der Waals surface area contributed by atoms with Crippen LogP contribution >= 0.6 is 0 Å². The number of nitrogens with one attached hydrogen (secondary N) is 1. The summed E-state index contributed by atoms with van der Waals surface area (Å²) in [4.78, 5) is 18.3. The molecule has 1 aliphatic rings. The summed E-state index contributed by atoms with van der Waals surface area (Å²) in [5.41, 5.74) is -0.859. The van der Waals surface area contributed by atoms with Gasteiger partial charge in [0.2, 0.25) is 0 Å². The highest BCUT2D eigenvalue weighted by Gasteiger charge is 2.24. The molecular weight excluding hydrogens is 268 g/mol. The van der Waals surface area contributed by atoms with Gasteiger partial charge < -0.3 is 25.1 Å². The fourth-order valence-corrected chi connectivity index (χ4v) is 2.58. The van der Waals surface area contributed by atoms with Gasteiger partial charge in [-0.2, -0.15) is 0 Å². The molecule has 0 bridgehead atoms. The molecule has 0 aliphatic carbocycles. The number of carbonyl (C=O) groups excluding carboxylic acids is 1. The number of amides is 2. The fourth-order valence-electron chi connectivity index (χ4n) is 2.58. The van der Waals surface area contributed by atoms with Gasteiger partial charge >= 0.3 is 6.03 Å². The zero-order chi connectivity index (χ0) is 16.0. The summed E-state index contributed by atoms with van der Waals surface area (Å²) in [6.07, 6.45) is 1.99. The topological polar surface area (TPSA) is 59.0 Å². The second-order valence-corrected chi connectivity index (χ2v) is 7.04. The first-order valence-corrected chi connectivity index (χ1v) is 7.78. The summed E-state index contributed by atoms with van der Waals surface area (Å²) in [5, 5.41) is 12.8. The van der Waals surface area contributed by atoms with Crippen LogP contribution in [-0.2, 0) is 0 Å². The van der Waals surface area contributed by atoms with Gasteiger partial charge in [0.15, 0.2) is 0 Å². The van der Waals surface area contributed by atoms with Gasteiger partial charge in [0.1, 0.15) is 0 Å². The minimum Gasteiger partial charge on any atom is -0.389 e. The molecule has 0 atom stereocenters. The lowest BCUT2D eigenvalue weighted by atomic mass is 10.1. The summed E-state index contributed by atoms with van der Waals surface area (Å²) in [7, 11) is 5.90. The summed E-state index contributed by atoms with van der Waals surface area (Å²) in [6, 6.07) is 0.154. The number of likely N-dealkylation sites (N-methyl/N-ethyl adjacent to an activating group) is 2. The maximum Gasteiger partial charge on any atom is 0.317 e. The van der Waals surface area contributed by atoms with Crippen LogP contribution in [0.2, 0.25) is 0 Å². The van der Waals surface area contributed by atoms with Crippen LogP contribution < -0.4 is 5.32 Å². The van der Waals surface area contributed by atoms with Gasteiger partial charge in [0.05, 0.1) is 12.1 Å². The molecule has 21 heavy (non-hydrogen) atoms. The molecule has 0 saturated carbocycles. The predicted octanol–water partition coefficient (Wildman–Crippen LogP) is 0.425. The highest BCUT2D eigenvalue weighted by Crippen LogP contribution is 2.11. The van der Waals surface area contributed by atoms with Gasteiger partial charge in [-0.3, -0.25) is 0 Å². The quantitative estimate of drug-likeness (QED) is 0.747. The van der Waals surface area contributed by atoms with Crippen LogP contribution in [0.25, 0.3) is 0 Å². The Morgan fingerprint density at radius 3 is 2.33 bits per heavy atom. The third-order valence-electron chi connectivity index (χ3n) is 3.75. The van der Waals surface area contributed by atoms with E-state index in [-0.39, 0.29) is 12.1 Å². The lowest BCUT2D eigenvalue weighted by Crippen LogP contribution is -2.51. The second-order valence-electron chi connectivity index (χ2n) is 7.04. The zero-order valence-electron chi connectivity index (χ0n) is 14.2. The summed E-state index contributed by atoms with van der Waals surface area (Å²) in [6.45, 7) is 7.99. The number of rotatable bonds is 6. The predicted molar refractivity (Wildman–Crippen MR) is 85.5 cm³/mol. The molecule has 6 nitrogen and oxygen atoms in total. The second kappa shape index (κ2) is 7.96. The molecule has 124 valence electrons. The highest BCUT2D eigenvalue weighted by atomic mass is 16.3. The van der Waals surface area contributed by atoms with E-state index in [1.807, 2.05) is 0 Å². The molecule has 2 N–H and O–H groups in total. The van der Waals surface area contributed by atoms with E-state index >= 15 is 0 Å². The van der Waals surface area contributed by atoms with Crippen LogP contribution in [0.15, 0.2) is 0 Å². The first-order valence-electron chi connectivity index (χ1n) is 7.78. The molecular formula is C15H32N4O2. The van der Waals surface area contributed by atoms with E-state index in [2.05, 4.69) is 29.2 Å². The number of likely N-dealkylation sites (tertiary alicyclic amines) is 1. The molecule has 0 spiro atoms. The minimum absolute atomic E-state index is 0.0936. The molecule has 2 amide bonds. The lowest BCUT2D eigenvalue weighted by molar-refractivity contribution is 0.0522. The Balaban J connectivity index is 2.27. The van der Waals surface area contributed by atoms with Crippen molar-refractivity contribution in [3.05, 3.63) is 0 Å². The third kappa shape index (κ3) is 7.64. The summed E-state index contributed by atoms with van der Waals surface area (Å²) < 4.78 is 0. The number of hydrogen-bond acceptors (Lipinski definition) is 4. The molecule has 0 aromatic heterocycles. The van der Waals surface area contributed by atoms with Crippen molar-refractivity contribution in [2.45, 2.75) is 38.3 Å². The molecule has 0 aromatic carbocycles. The summed E-state index contributed by atoms with van der Waals surface area (Å²) >= 11 is 0. The average Bonchev–Trinajstić information content (AvgIpc) is 2.35. The standard InChI is InChI=1S/C15H32N4O2/c1-15(2,21)12-18(5)14(20)16-13-6-8-19(9-7-13)11-10-17(3)4/h13,21H,6-12H2,1-5H3,(H,16,20). The van der Waals surface area contributed by atoms with Crippen LogP contribution in [0.3, 0.4) is 0 Å². The number of carbonyl (C=O) groups is 1. The van der Waals surface area contributed by atoms with Gasteiger partial charge in [-0.1, -0.05) is 0 Å². The SMILES string of the molecule is CN(C)CCN1CCC(NC(=O)N(C)CC(C)(C)O)CC1. The van der Waals surface area contributed by atoms with Crippen molar-refractivity contribution in [2.75, 3.05) is 53.9 Å². The molecule has 1 heterocycles. The Labute approximate surface area is 129 Å². The van der Waals surface area contributed by atoms with Gasteiger partial charge in [-0.05, 0) is 40.8 Å². The Morgan fingerprint density at radius 2 is 1.86 bits per heavy atom. The van der Waals surface area contributed by atoms with Crippen molar-refractivity contribution in [3.63, 3.8) is 0 Å². The fraction of sp³-hybridized carbons (Fsp3) is 0.933. The van der Waals surface area contributed by atoms with Crippen molar-refractivity contribution < 1.29 is 9.90 Å². The maximum atomic E-state index is 12.1. The van der Waals surface area contributed by atoms with Crippen LogP contribution in [0.4, 0.5) is 4.79 Å². The van der Waals surface area contributed by atoms with Crippen LogP contribution in [0.5, 0.6) is 0 Å². The van der Waals surface area contributed by atoms with Crippen molar-refractivity contribution in [3.8, 4) is 0 Å². The van der Waals surface area contributed by atoms with Crippen LogP contribution in [-0.4, -0.2) is 91.3 Å². The van der Waals surface area contributed by atoms with E-state index in [1.165, 1.54) is 0 Å². The first kappa shape index (κ1) is 18.2. The molecule has 1 aliphatic heterocycles. The normalized spacial score (nSPS) is 18.0. The van der Waals surface area contributed by atoms with Crippen LogP contribution in [0, 0.1) is 0 Å². The molecule has 1 saturated heterocycles. The van der Waals surface area contributed by atoms with Crippen LogP contribution in [0.1, 0.15) is 26.7 Å². The maximum absolute atomic E-state index is 12.1. The van der Waals surface area contributed by atoms with E-state index in [0.717, 1.165) is 39.0 Å². The summed E-state index contributed by atoms with van der Waals surface area (Å²) in [5.74, 6) is 0. The third-order valence-corrected chi connectivity index (χ3v) is 3.75. The van der Waals surface area contributed by atoms with E-state index < -0.39 is 5.60 Å². The molecule has 6 heteroatoms. The van der Waals surface area contributed by atoms with E-state index in [0.29, 0.717) is 6.54 Å². The number of nitrogens with zero attached hydrogens (tertiary/aromatic N) is 3. The van der Waals surface area contributed by atoms with Gasteiger partial charge in [0.25, 0.3) is 0 Å². The average molecular weight is 300 g/mol. The molecule has 0 radical (unpaired) electrons. The number of hydrogen-bond donors (Lipinski definition) is 2. The number of urea groups is 1. The highest BCUT2D eigenvalue weighted by molar-refractivity contribution is 5.74. The number of aliphatic hydroxyl groups is 1. The van der Waals surface area contributed by atoms with E-state index in [1.54, 1.807) is 25.8 Å². The van der Waals surface area contributed by atoms with Gasteiger partial charge in [-0.15, -0.1) is 0 Å². The first-order chi connectivity index (χ1) is 9.67. The van der Waals surface area contributed by atoms with Crippen molar-refractivity contribution in [1.82, 2.24) is 20.0 Å². The van der Waals surface area contributed by atoms with E-state index in [9.17, 15) is 9.90 Å². The van der Waals surface area contributed by atoms with Crippen molar-refractivity contribution in [2.24, 2.45) is 0 Å². The van der Waals surface area contributed by atoms with Crippen molar-refractivity contribution in [1.29, 1.82) is 0 Å². The Kier molecular flexibility index (Phi) is 6.90. The Morgan fingerprint density at radius 1 is 1.29 bits per heavy atom. The Bertz CT molecular complexity index is 320. The Hall–Kier alpha value is -0.850. The van der Waals surface area contributed by atoms with Gasteiger partial charge in [0, 0.05) is 39.3 Å². The number of piperidine rings is 1. The smallest absolute Gasteiger partial charge is 0.317 e. The van der Waals surface area contributed by atoms with E-state index in [4.69, 9.17) is 0 Å². The van der Waals surface area contributed by atoms with Crippen molar-refractivity contribution >= 4 is 6.03 Å². The molecule has 0 unspecified atom stereocenters. The zero-order valence-corrected chi connectivity index (χ0v) is 14.2. The largest absolute Gasteiger partial charge is 0.389 e. The molecule has 0 aromatic rings. The minimum atomic E-state index is -0.859. The molecule has 1 rings (SSSR count). The van der Waals surface area contributed by atoms with Gasteiger partial charge in [-0.25, -0.2) is 4.79 Å². The lowest BCUT2D eigenvalue weighted by Gasteiger charge is -2.34. The monoisotopic (exact) mass is 300 g/mol.